The van der Waals surface area contributed by atoms with Crippen molar-refractivity contribution in [3.63, 3.8) is 0 Å². The molecule has 3 aromatic rings. The number of hydrogen-bond donors (Lipinski definition) is 1. The second-order valence-electron chi connectivity index (χ2n) is 7.84. The topological polar surface area (TPSA) is 67.6 Å². The fraction of sp³-hybridized carbons (Fsp3) is 0.333. The summed E-state index contributed by atoms with van der Waals surface area (Å²) in [4.78, 5) is 19.0. The number of amides is 1. The summed E-state index contributed by atoms with van der Waals surface area (Å²) in [5.41, 5.74) is 2.37. The smallest absolute Gasteiger partial charge is 0.273 e. The number of halogens is 2. The van der Waals surface area contributed by atoms with Gasteiger partial charge in [-0.3, -0.25) is 9.69 Å². The molecule has 6 nitrogen and oxygen atoms in total. The standard InChI is InChI=1S/C24H25Cl2N3O3/c25-19-9-8-18(21(26)11-19)14-29(13-17-5-2-1-3-6-17)15-23-28-22(16-32-23)24(30)27-12-20-7-4-10-31-20/h1-3,5-6,8-9,11,16,20H,4,7,10,12-15H2,(H,27,30). The fourth-order valence-corrected chi connectivity index (χ4v) is 4.15. The summed E-state index contributed by atoms with van der Waals surface area (Å²) in [6.07, 6.45) is 3.47. The molecule has 0 spiro atoms. The second-order valence-corrected chi connectivity index (χ2v) is 8.68. The van der Waals surface area contributed by atoms with Gasteiger partial charge in [-0.15, -0.1) is 0 Å². The van der Waals surface area contributed by atoms with Gasteiger partial charge < -0.3 is 14.5 Å². The summed E-state index contributed by atoms with van der Waals surface area (Å²) in [6.45, 7) is 2.91. The molecule has 1 atom stereocenters. The molecule has 168 valence electrons. The van der Waals surface area contributed by atoms with Crippen LogP contribution in [0.2, 0.25) is 10.0 Å². The lowest BCUT2D eigenvalue weighted by molar-refractivity contribution is 0.0853. The second kappa shape index (κ2) is 11.0. The van der Waals surface area contributed by atoms with Crippen LogP contribution in [0.4, 0.5) is 0 Å². The summed E-state index contributed by atoms with van der Waals surface area (Å²) in [5, 5.41) is 4.08. The molecule has 1 saturated heterocycles. The quantitative estimate of drug-likeness (QED) is 0.468. The molecule has 2 aromatic carbocycles. The van der Waals surface area contributed by atoms with E-state index in [2.05, 4.69) is 27.3 Å². The number of benzene rings is 2. The summed E-state index contributed by atoms with van der Waals surface area (Å²) >= 11 is 12.4. The Morgan fingerprint density at radius 2 is 1.97 bits per heavy atom. The van der Waals surface area contributed by atoms with E-state index in [1.807, 2.05) is 30.3 Å². The van der Waals surface area contributed by atoms with E-state index in [1.54, 1.807) is 6.07 Å². The third kappa shape index (κ3) is 6.33. The summed E-state index contributed by atoms with van der Waals surface area (Å²) < 4.78 is 11.2. The average molecular weight is 474 g/mol. The number of rotatable bonds is 9. The van der Waals surface area contributed by atoms with E-state index < -0.39 is 0 Å². The minimum Gasteiger partial charge on any atom is -0.447 e. The molecule has 1 N–H and O–H groups in total. The van der Waals surface area contributed by atoms with Gasteiger partial charge in [-0.2, -0.15) is 0 Å². The van der Waals surface area contributed by atoms with Gasteiger partial charge in [-0.1, -0.05) is 59.6 Å². The zero-order chi connectivity index (χ0) is 22.3. The van der Waals surface area contributed by atoms with Crippen molar-refractivity contribution < 1.29 is 13.9 Å². The van der Waals surface area contributed by atoms with E-state index in [-0.39, 0.29) is 17.7 Å². The Morgan fingerprint density at radius 3 is 2.72 bits per heavy atom. The highest BCUT2D eigenvalue weighted by Crippen LogP contribution is 2.24. The number of ether oxygens (including phenoxy) is 1. The minimum atomic E-state index is -0.258. The van der Waals surface area contributed by atoms with Gasteiger partial charge in [-0.05, 0) is 36.1 Å². The molecule has 0 bridgehead atoms. The highest BCUT2D eigenvalue weighted by atomic mass is 35.5. The van der Waals surface area contributed by atoms with Crippen molar-refractivity contribution in [1.29, 1.82) is 0 Å². The molecule has 32 heavy (non-hydrogen) atoms. The maximum atomic E-state index is 12.4. The molecule has 1 fully saturated rings. The van der Waals surface area contributed by atoms with E-state index in [1.165, 1.54) is 6.26 Å². The zero-order valence-corrected chi connectivity index (χ0v) is 19.1. The number of oxazole rings is 1. The molecule has 0 aliphatic carbocycles. The molecular weight excluding hydrogens is 449 g/mol. The van der Waals surface area contributed by atoms with Crippen molar-refractivity contribution in [1.82, 2.24) is 15.2 Å². The van der Waals surface area contributed by atoms with Gasteiger partial charge in [0.05, 0.1) is 12.6 Å². The van der Waals surface area contributed by atoms with Crippen LogP contribution in [0.25, 0.3) is 0 Å². The Labute approximate surface area is 197 Å². The third-order valence-electron chi connectivity index (χ3n) is 5.32. The Kier molecular flexibility index (Phi) is 7.81. The van der Waals surface area contributed by atoms with Crippen LogP contribution >= 0.6 is 23.2 Å². The summed E-state index contributed by atoms with van der Waals surface area (Å²) in [7, 11) is 0. The van der Waals surface area contributed by atoms with E-state index in [0.717, 1.165) is 30.6 Å². The molecule has 0 saturated carbocycles. The number of nitrogens with zero attached hydrogens (tertiary/aromatic N) is 2. The van der Waals surface area contributed by atoms with Crippen molar-refractivity contribution in [2.75, 3.05) is 13.2 Å². The SMILES string of the molecule is O=C(NCC1CCCO1)c1coc(CN(Cc2ccccc2)Cc2ccc(Cl)cc2Cl)n1. The van der Waals surface area contributed by atoms with Crippen molar-refractivity contribution in [2.45, 2.75) is 38.6 Å². The van der Waals surface area contributed by atoms with Gasteiger partial charge >= 0.3 is 0 Å². The molecule has 4 rings (SSSR count). The van der Waals surface area contributed by atoms with Gasteiger partial charge in [0.25, 0.3) is 5.91 Å². The lowest BCUT2D eigenvalue weighted by atomic mass is 10.1. The van der Waals surface area contributed by atoms with Gasteiger partial charge in [0.2, 0.25) is 5.89 Å². The Morgan fingerprint density at radius 1 is 1.12 bits per heavy atom. The van der Waals surface area contributed by atoms with Crippen LogP contribution in [0.5, 0.6) is 0 Å². The number of hydrogen-bond acceptors (Lipinski definition) is 5. The Balaban J connectivity index is 1.43. The van der Waals surface area contributed by atoms with Crippen molar-refractivity contribution in [3.8, 4) is 0 Å². The predicted molar refractivity (Wildman–Crippen MR) is 124 cm³/mol. The molecule has 1 amide bonds. The lowest BCUT2D eigenvalue weighted by Gasteiger charge is -2.21. The van der Waals surface area contributed by atoms with Crippen LogP contribution in [0, 0.1) is 0 Å². The van der Waals surface area contributed by atoms with Crippen molar-refractivity contribution >= 4 is 29.1 Å². The summed E-state index contributed by atoms with van der Waals surface area (Å²) in [5.74, 6) is 0.208. The first-order valence-electron chi connectivity index (χ1n) is 10.6. The predicted octanol–water partition coefficient (Wildman–Crippen LogP) is 5.09. The van der Waals surface area contributed by atoms with Gasteiger partial charge in [0, 0.05) is 36.3 Å². The monoisotopic (exact) mass is 473 g/mol. The third-order valence-corrected chi connectivity index (χ3v) is 5.90. The zero-order valence-electron chi connectivity index (χ0n) is 17.6. The van der Waals surface area contributed by atoms with Gasteiger partial charge in [0.15, 0.2) is 5.69 Å². The maximum Gasteiger partial charge on any atom is 0.273 e. The van der Waals surface area contributed by atoms with Crippen LogP contribution in [0.3, 0.4) is 0 Å². The number of nitrogens with one attached hydrogen (secondary N) is 1. The lowest BCUT2D eigenvalue weighted by Crippen LogP contribution is -2.32. The molecule has 1 unspecified atom stereocenters. The van der Waals surface area contributed by atoms with E-state index in [9.17, 15) is 4.79 Å². The van der Waals surface area contributed by atoms with Gasteiger partial charge in [-0.25, -0.2) is 4.98 Å². The normalized spacial score (nSPS) is 15.9. The first-order chi connectivity index (χ1) is 15.6. The van der Waals surface area contributed by atoms with E-state index >= 15 is 0 Å². The largest absolute Gasteiger partial charge is 0.447 e. The van der Waals surface area contributed by atoms with Crippen LogP contribution in [-0.4, -0.2) is 35.0 Å². The van der Waals surface area contributed by atoms with Crippen LogP contribution in [0.15, 0.2) is 59.2 Å². The van der Waals surface area contributed by atoms with E-state index in [4.69, 9.17) is 32.4 Å². The highest BCUT2D eigenvalue weighted by Gasteiger charge is 2.19. The summed E-state index contributed by atoms with van der Waals surface area (Å²) in [6, 6.07) is 15.6. The Bertz CT molecular complexity index is 1040. The van der Waals surface area contributed by atoms with Crippen LogP contribution in [-0.2, 0) is 24.4 Å². The number of carbonyl (C=O) groups is 1. The Hall–Kier alpha value is -2.38. The van der Waals surface area contributed by atoms with Crippen molar-refractivity contribution in [2.24, 2.45) is 0 Å². The molecule has 1 aliphatic heterocycles. The molecule has 2 heterocycles. The first-order valence-corrected chi connectivity index (χ1v) is 11.4. The molecule has 1 aromatic heterocycles. The highest BCUT2D eigenvalue weighted by molar-refractivity contribution is 6.35. The minimum absolute atomic E-state index is 0.0795. The molecule has 1 aliphatic rings. The molecule has 0 radical (unpaired) electrons. The fourth-order valence-electron chi connectivity index (χ4n) is 3.68. The maximum absolute atomic E-state index is 12.4. The molecular formula is C24H25Cl2N3O3. The molecule has 8 heteroatoms. The average Bonchev–Trinajstić information content (AvgIpc) is 3.47. The number of carbonyl (C=O) groups excluding carboxylic acids is 1. The van der Waals surface area contributed by atoms with E-state index in [0.29, 0.717) is 42.1 Å². The van der Waals surface area contributed by atoms with Gasteiger partial charge in [0.1, 0.15) is 6.26 Å². The van der Waals surface area contributed by atoms with Crippen LogP contribution < -0.4 is 5.32 Å². The first kappa shape index (κ1) is 22.8. The van der Waals surface area contributed by atoms with Crippen molar-refractivity contribution in [3.05, 3.63) is 87.6 Å². The van der Waals surface area contributed by atoms with Crippen LogP contribution in [0.1, 0.15) is 40.3 Å². The number of aromatic nitrogens is 1.